The molecular formula is C25H27N3O4S. The summed E-state index contributed by atoms with van der Waals surface area (Å²) < 4.78 is 33.2. The average molecular weight is 466 g/mol. The number of ether oxygens (including phenoxy) is 1. The van der Waals surface area contributed by atoms with Gasteiger partial charge >= 0.3 is 0 Å². The van der Waals surface area contributed by atoms with Crippen molar-refractivity contribution in [3.05, 3.63) is 90.5 Å². The number of carbonyl (C=O) groups excluding carboxylic acids is 1. The van der Waals surface area contributed by atoms with Gasteiger partial charge in [0.2, 0.25) is 0 Å². The van der Waals surface area contributed by atoms with E-state index in [1.165, 1.54) is 24.8 Å². The van der Waals surface area contributed by atoms with Gasteiger partial charge in [0, 0.05) is 5.71 Å². The minimum absolute atomic E-state index is 0.0752. The van der Waals surface area contributed by atoms with Crippen LogP contribution in [0.25, 0.3) is 0 Å². The first kappa shape index (κ1) is 24.0. The number of aryl methyl sites for hydroxylation is 1. The fraction of sp³-hybridized carbons (Fsp3) is 0.200. The first-order valence-corrected chi connectivity index (χ1v) is 11.9. The van der Waals surface area contributed by atoms with Crippen molar-refractivity contribution < 1.29 is 17.9 Å². The molecule has 8 heteroatoms. The zero-order chi connectivity index (χ0) is 23.7. The van der Waals surface area contributed by atoms with Crippen LogP contribution in [-0.4, -0.2) is 33.7 Å². The molecule has 3 rings (SSSR count). The summed E-state index contributed by atoms with van der Waals surface area (Å²) in [5.74, 6) is -0.216. The summed E-state index contributed by atoms with van der Waals surface area (Å²) in [7, 11) is -2.57. The van der Waals surface area contributed by atoms with Crippen molar-refractivity contribution in [2.75, 3.05) is 18.0 Å². The smallest absolute Gasteiger partial charge is 0.264 e. The van der Waals surface area contributed by atoms with E-state index < -0.39 is 22.5 Å². The highest BCUT2D eigenvalue weighted by molar-refractivity contribution is 7.92. The van der Waals surface area contributed by atoms with Gasteiger partial charge in [0.15, 0.2) is 0 Å². The average Bonchev–Trinajstić information content (AvgIpc) is 2.85. The number of anilines is 1. The van der Waals surface area contributed by atoms with Gasteiger partial charge in [0.05, 0.1) is 17.7 Å². The Bertz CT molecular complexity index is 1200. The summed E-state index contributed by atoms with van der Waals surface area (Å²) in [6.07, 6.45) is 1.46. The maximum absolute atomic E-state index is 13.4. The molecular weight excluding hydrogens is 438 g/mol. The van der Waals surface area contributed by atoms with Gasteiger partial charge in [-0.1, -0.05) is 60.7 Å². The number of nitrogens with one attached hydrogen (secondary N) is 1. The summed E-state index contributed by atoms with van der Waals surface area (Å²) in [6, 6.07) is 24.6. The maximum atomic E-state index is 13.4. The van der Waals surface area contributed by atoms with Crippen LogP contribution in [0.4, 0.5) is 5.69 Å². The zero-order valence-corrected chi connectivity index (χ0v) is 19.5. The van der Waals surface area contributed by atoms with Gasteiger partial charge in [-0.25, -0.2) is 13.8 Å². The topological polar surface area (TPSA) is 88.1 Å². The van der Waals surface area contributed by atoms with Crippen LogP contribution in [0, 0.1) is 0 Å². The summed E-state index contributed by atoms with van der Waals surface area (Å²) >= 11 is 0. The number of hydrogen-bond acceptors (Lipinski definition) is 5. The Hall–Kier alpha value is -3.65. The van der Waals surface area contributed by atoms with Crippen molar-refractivity contribution in [3.8, 4) is 5.75 Å². The number of sulfonamides is 1. The molecule has 7 nitrogen and oxygen atoms in total. The second-order valence-electron chi connectivity index (χ2n) is 7.36. The third kappa shape index (κ3) is 6.43. The molecule has 3 aromatic rings. The van der Waals surface area contributed by atoms with Crippen molar-refractivity contribution in [2.24, 2.45) is 5.10 Å². The number of methoxy groups -OCH3 is 1. The van der Waals surface area contributed by atoms with E-state index in [0.29, 0.717) is 12.2 Å². The summed E-state index contributed by atoms with van der Waals surface area (Å²) in [6.45, 7) is 1.37. The Kier molecular flexibility index (Phi) is 8.21. The Balaban J connectivity index is 1.78. The normalized spacial score (nSPS) is 11.6. The number of carbonyl (C=O) groups is 1. The Morgan fingerprint density at radius 3 is 2.21 bits per heavy atom. The van der Waals surface area contributed by atoms with Gasteiger partial charge in [-0.2, -0.15) is 5.10 Å². The first-order chi connectivity index (χ1) is 15.9. The third-order valence-corrected chi connectivity index (χ3v) is 6.74. The zero-order valence-electron chi connectivity index (χ0n) is 18.6. The SMILES string of the molecule is COc1ccccc1N(CC(=O)N/N=C(/C)CCc1ccccc1)S(=O)(=O)c1ccccc1. The molecule has 0 atom stereocenters. The van der Waals surface area contributed by atoms with E-state index in [1.807, 2.05) is 37.3 Å². The van der Waals surface area contributed by atoms with Crippen LogP contribution < -0.4 is 14.5 Å². The van der Waals surface area contributed by atoms with Crippen molar-refractivity contribution >= 4 is 27.3 Å². The van der Waals surface area contributed by atoms with Gasteiger partial charge in [0.25, 0.3) is 15.9 Å². The first-order valence-electron chi connectivity index (χ1n) is 10.5. The van der Waals surface area contributed by atoms with E-state index in [2.05, 4.69) is 10.5 Å². The molecule has 0 radical (unpaired) electrons. The molecule has 0 bridgehead atoms. The molecule has 0 fully saturated rings. The van der Waals surface area contributed by atoms with Gasteiger partial charge in [-0.3, -0.25) is 9.10 Å². The number of benzene rings is 3. The van der Waals surface area contributed by atoms with Crippen molar-refractivity contribution in [1.82, 2.24) is 5.43 Å². The maximum Gasteiger partial charge on any atom is 0.264 e. The van der Waals surface area contributed by atoms with Crippen LogP contribution in [0.2, 0.25) is 0 Å². The van der Waals surface area contributed by atoms with E-state index in [9.17, 15) is 13.2 Å². The van der Waals surface area contributed by atoms with Gasteiger partial charge in [0.1, 0.15) is 12.3 Å². The number of hydrazone groups is 1. The largest absolute Gasteiger partial charge is 0.495 e. The third-order valence-electron chi connectivity index (χ3n) is 4.96. The summed E-state index contributed by atoms with van der Waals surface area (Å²) in [4.78, 5) is 12.8. The molecule has 1 amide bonds. The molecule has 0 spiro atoms. The van der Waals surface area contributed by atoms with Gasteiger partial charge < -0.3 is 4.74 Å². The van der Waals surface area contributed by atoms with Gasteiger partial charge in [-0.15, -0.1) is 0 Å². The molecule has 1 N–H and O–H groups in total. The molecule has 0 saturated heterocycles. The highest BCUT2D eigenvalue weighted by atomic mass is 32.2. The van der Waals surface area contributed by atoms with E-state index >= 15 is 0 Å². The van der Waals surface area contributed by atoms with Crippen LogP contribution in [0.1, 0.15) is 18.9 Å². The second kappa shape index (κ2) is 11.3. The summed E-state index contributed by atoms with van der Waals surface area (Å²) in [5.41, 5.74) is 4.66. The van der Waals surface area contributed by atoms with Gasteiger partial charge in [-0.05, 0) is 49.6 Å². The monoisotopic (exact) mass is 465 g/mol. The molecule has 0 aliphatic carbocycles. The highest BCUT2D eigenvalue weighted by Gasteiger charge is 2.29. The number of nitrogens with zero attached hydrogens (tertiary/aromatic N) is 2. The fourth-order valence-corrected chi connectivity index (χ4v) is 4.66. The molecule has 0 aliphatic rings. The molecule has 0 aromatic heterocycles. The lowest BCUT2D eigenvalue weighted by Gasteiger charge is -2.25. The molecule has 33 heavy (non-hydrogen) atoms. The summed E-state index contributed by atoms with van der Waals surface area (Å²) in [5, 5.41) is 4.15. The minimum Gasteiger partial charge on any atom is -0.495 e. The van der Waals surface area contributed by atoms with Crippen LogP contribution >= 0.6 is 0 Å². The number of hydrogen-bond donors (Lipinski definition) is 1. The lowest BCUT2D eigenvalue weighted by atomic mass is 10.1. The van der Waals surface area contributed by atoms with Crippen LogP contribution in [0.3, 0.4) is 0 Å². The van der Waals surface area contributed by atoms with Crippen LogP contribution in [0.5, 0.6) is 5.75 Å². The lowest BCUT2D eigenvalue weighted by molar-refractivity contribution is -0.119. The molecule has 0 heterocycles. The van der Waals surface area contributed by atoms with Crippen LogP contribution in [0.15, 0.2) is 94.9 Å². The molecule has 172 valence electrons. The molecule has 3 aromatic carbocycles. The fourth-order valence-electron chi connectivity index (χ4n) is 3.20. The molecule has 0 saturated carbocycles. The van der Waals surface area contributed by atoms with E-state index in [-0.39, 0.29) is 10.6 Å². The second-order valence-corrected chi connectivity index (χ2v) is 9.23. The quantitative estimate of drug-likeness (QED) is 0.362. The van der Waals surface area contributed by atoms with E-state index in [0.717, 1.165) is 16.4 Å². The van der Waals surface area contributed by atoms with E-state index in [4.69, 9.17) is 4.74 Å². The Labute approximate surface area is 194 Å². The number of amides is 1. The molecule has 0 unspecified atom stereocenters. The van der Waals surface area contributed by atoms with Crippen molar-refractivity contribution in [2.45, 2.75) is 24.7 Å². The van der Waals surface area contributed by atoms with E-state index in [1.54, 1.807) is 42.5 Å². The Morgan fingerprint density at radius 1 is 0.939 bits per heavy atom. The predicted molar refractivity (Wildman–Crippen MR) is 130 cm³/mol. The standard InChI is InChI=1S/C25H27N3O4S/c1-20(17-18-21-11-5-3-6-12-21)26-27-25(29)19-28(23-15-9-10-16-24(23)32-2)33(30,31)22-13-7-4-8-14-22/h3-16H,17-19H2,1-2H3,(H,27,29)/b26-20-. The number of rotatable bonds is 10. The lowest BCUT2D eigenvalue weighted by Crippen LogP contribution is -2.40. The molecule has 0 aliphatic heterocycles. The van der Waals surface area contributed by atoms with Crippen molar-refractivity contribution in [1.29, 1.82) is 0 Å². The Morgan fingerprint density at radius 2 is 1.55 bits per heavy atom. The highest BCUT2D eigenvalue weighted by Crippen LogP contribution is 2.31. The van der Waals surface area contributed by atoms with Crippen molar-refractivity contribution in [3.63, 3.8) is 0 Å². The van der Waals surface area contributed by atoms with Crippen LogP contribution in [-0.2, 0) is 21.2 Å². The number of para-hydroxylation sites is 2. The predicted octanol–water partition coefficient (Wildman–Crippen LogP) is 4.02. The minimum atomic E-state index is -4.02.